The minimum atomic E-state index is -0.795. The monoisotopic (exact) mass is 466 g/mol. The van der Waals surface area contributed by atoms with Crippen LogP contribution in [0.2, 0.25) is 15.2 Å². The van der Waals surface area contributed by atoms with Crippen LogP contribution >= 0.6 is 34.8 Å². The molecule has 29 heavy (non-hydrogen) atoms. The number of hydrogen-bond acceptors (Lipinski definition) is 5. The summed E-state index contributed by atoms with van der Waals surface area (Å²) in [5, 5.41) is 16.8. The molecular formula is C18H13Cl3N6OS. The number of nitrogens with zero attached hydrogens (tertiary/aromatic N) is 5. The number of carbonyl (C=O) groups is 1. The van der Waals surface area contributed by atoms with Gasteiger partial charge in [-0.1, -0.05) is 45.5 Å². The van der Waals surface area contributed by atoms with Crippen molar-refractivity contribution in [2.75, 3.05) is 11.6 Å². The van der Waals surface area contributed by atoms with Crippen LogP contribution in [0, 0.1) is 18.4 Å². The minimum Gasteiger partial charge on any atom is -0.319 e. The first kappa shape index (κ1) is 21.3. The van der Waals surface area contributed by atoms with Crippen LogP contribution in [0.1, 0.15) is 16.1 Å². The number of aromatic nitrogens is 3. The molecule has 0 radical (unpaired) electrons. The maximum Gasteiger partial charge on any atom is 0.274 e. The summed E-state index contributed by atoms with van der Waals surface area (Å²) in [5.41, 5.74) is 1.38. The third-order valence-electron chi connectivity index (χ3n) is 3.85. The molecule has 148 valence electrons. The topological polar surface area (TPSA) is 96.0 Å². The normalized spacial score (nSPS) is 11.9. The standard InChI is InChI=1S/C18H13Cl3N6OS/c1-10-6-11(19)7-14(29(2)24-9-22)16(10)25-18(28)13-8-15(21)26-27(13)17-12(20)4-3-5-23-17/h3-8H,1-2H3,(H,25,28). The molecule has 0 fully saturated rings. The van der Waals surface area contributed by atoms with E-state index in [1.165, 1.54) is 16.9 Å². The lowest BCUT2D eigenvalue weighted by Crippen LogP contribution is -2.19. The molecule has 1 aromatic carbocycles. The minimum absolute atomic E-state index is 0.111. The van der Waals surface area contributed by atoms with E-state index in [9.17, 15) is 4.79 Å². The number of hydrogen-bond donors (Lipinski definition) is 1. The summed E-state index contributed by atoms with van der Waals surface area (Å²) in [5.74, 6) is -0.208. The Morgan fingerprint density at radius 3 is 2.76 bits per heavy atom. The molecule has 1 amide bonds. The van der Waals surface area contributed by atoms with Crippen LogP contribution in [0.3, 0.4) is 0 Å². The van der Waals surface area contributed by atoms with Crippen molar-refractivity contribution in [2.24, 2.45) is 4.36 Å². The zero-order chi connectivity index (χ0) is 21.1. The number of benzene rings is 1. The van der Waals surface area contributed by atoms with Crippen LogP contribution in [0.25, 0.3) is 5.82 Å². The first-order chi connectivity index (χ1) is 13.8. The highest BCUT2D eigenvalue weighted by Gasteiger charge is 2.21. The molecule has 0 saturated carbocycles. The Balaban J connectivity index is 2.07. The van der Waals surface area contributed by atoms with E-state index in [1.807, 2.05) is 0 Å². The summed E-state index contributed by atoms with van der Waals surface area (Å²) in [4.78, 5) is 17.9. The van der Waals surface area contributed by atoms with E-state index in [2.05, 4.69) is 19.8 Å². The predicted octanol–water partition coefficient (Wildman–Crippen LogP) is 5.06. The molecule has 0 spiro atoms. The lowest BCUT2D eigenvalue weighted by atomic mass is 10.2. The van der Waals surface area contributed by atoms with Gasteiger partial charge in [0.1, 0.15) is 5.69 Å². The number of carbonyl (C=O) groups excluding carboxylic acids is 1. The maximum absolute atomic E-state index is 13.1. The quantitative estimate of drug-likeness (QED) is 0.542. The van der Waals surface area contributed by atoms with E-state index in [-0.39, 0.29) is 16.7 Å². The van der Waals surface area contributed by atoms with Crippen molar-refractivity contribution >= 4 is 57.1 Å². The molecule has 2 aromatic heterocycles. The van der Waals surface area contributed by atoms with Crippen molar-refractivity contribution in [3.63, 3.8) is 0 Å². The van der Waals surface area contributed by atoms with Gasteiger partial charge in [0.2, 0.25) is 6.19 Å². The fourth-order valence-corrected chi connectivity index (χ4v) is 4.35. The van der Waals surface area contributed by atoms with Gasteiger partial charge in [-0.15, -0.1) is 4.36 Å². The Labute approximate surface area is 184 Å². The lowest BCUT2D eigenvalue weighted by Gasteiger charge is -2.15. The molecule has 0 aliphatic heterocycles. The highest BCUT2D eigenvalue weighted by atomic mass is 35.5. The summed E-state index contributed by atoms with van der Waals surface area (Å²) in [6.07, 6.45) is 5.08. The molecule has 7 nitrogen and oxygen atoms in total. The van der Waals surface area contributed by atoms with Crippen molar-refractivity contribution in [1.29, 1.82) is 5.26 Å². The molecule has 1 unspecified atom stereocenters. The number of rotatable bonds is 4. The number of nitriles is 1. The second kappa shape index (κ2) is 8.93. The first-order valence-corrected chi connectivity index (χ1v) is 10.8. The number of halogens is 3. The third-order valence-corrected chi connectivity index (χ3v) is 5.86. The van der Waals surface area contributed by atoms with Gasteiger partial charge in [-0.25, -0.2) is 9.67 Å². The van der Waals surface area contributed by atoms with Crippen LogP contribution in [0.15, 0.2) is 45.8 Å². The van der Waals surface area contributed by atoms with Gasteiger partial charge >= 0.3 is 0 Å². The van der Waals surface area contributed by atoms with Crippen molar-refractivity contribution in [3.8, 4) is 12.0 Å². The van der Waals surface area contributed by atoms with Gasteiger partial charge < -0.3 is 5.32 Å². The second-order valence-corrected chi connectivity index (χ2v) is 8.60. The smallest absolute Gasteiger partial charge is 0.274 e. The molecule has 11 heteroatoms. The van der Waals surface area contributed by atoms with E-state index in [0.29, 0.717) is 20.6 Å². The molecule has 1 N–H and O–H groups in total. The third kappa shape index (κ3) is 4.60. The average molecular weight is 468 g/mol. The van der Waals surface area contributed by atoms with Crippen LogP contribution in [0.4, 0.5) is 5.69 Å². The van der Waals surface area contributed by atoms with Crippen LogP contribution in [0.5, 0.6) is 0 Å². The van der Waals surface area contributed by atoms with E-state index in [1.54, 1.807) is 43.6 Å². The summed E-state index contributed by atoms with van der Waals surface area (Å²) in [6, 6.07) is 8.10. The molecule has 3 aromatic rings. The summed E-state index contributed by atoms with van der Waals surface area (Å²) < 4.78 is 5.13. The van der Waals surface area contributed by atoms with Gasteiger partial charge in [0.25, 0.3) is 5.91 Å². The van der Waals surface area contributed by atoms with Gasteiger partial charge in [0, 0.05) is 22.2 Å². The molecular weight excluding hydrogens is 455 g/mol. The van der Waals surface area contributed by atoms with Gasteiger partial charge in [-0.3, -0.25) is 4.79 Å². The molecule has 3 rings (SSSR count). The Morgan fingerprint density at radius 1 is 1.31 bits per heavy atom. The van der Waals surface area contributed by atoms with Crippen molar-refractivity contribution in [2.45, 2.75) is 11.8 Å². The zero-order valence-electron chi connectivity index (χ0n) is 15.2. The SMILES string of the molecule is Cc1cc(Cl)cc(/S(C)=N/C#N)c1NC(=O)c1cc(Cl)nn1-c1ncccc1Cl. The van der Waals surface area contributed by atoms with Crippen LogP contribution < -0.4 is 5.32 Å². The zero-order valence-corrected chi connectivity index (χ0v) is 18.2. The first-order valence-electron chi connectivity index (χ1n) is 8.05. The number of anilines is 1. The number of aryl methyl sites for hydroxylation is 1. The molecule has 0 saturated heterocycles. The number of pyridine rings is 1. The van der Waals surface area contributed by atoms with Crippen molar-refractivity contribution in [3.05, 3.63) is 63.0 Å². The van der Waals surface area contributed by atoms with Gasteiger partial charge in [0.15, 0.2) is 11.0 Å². The highest BCUT2D eigenvalue weighted by molar-refractivity contribution is 7.86. The van der Waals surface area contributed by atoms with E-state index < -0.39 is 16.6 Å². The average Bonchev–Trinajstić information content (AvgIpc) is 3.05. The van der Waals surface area contributed by atoms with Crippen molar-refractivity contribution < 1.29 is 4.79 Å². The van der Waals surface area contributed by atoms with E-state index >= 15 is 0 Å². The van der Waals surface area contributed by atoms with Crippen LogP contribution in [-0.2, 0) is 10.7 Å². The molecule has 2 heterocycles. The van der Waals surface area contributed by atoms with E-state index in [4.69, 9.17) is 40.1 Å². The largest absolute Gasteiger partial charge is 0.319 e. The molecule has 1 atom stereocenters. The molecule has 0 aliphatic carbocycles. The Hall–Kier alpha value is -2.44. The second-order valence-electron chi connectivity index (χ2n) is 5.79. The van der Waals surface area contributed by atoms with Crippen molar-refractivity contribution in [1.82, 2.24) is 14.8 Å². The maximum atomic E-state index is 13.1. The van der Waals surface area contributed by atoms with Crippen LogP contribution in [-0.4, -0.2) is 26.9 Å². The molecule has 0 aliphatic rings. The van der Waals surface area contributed by atoms with E-state index in [0.717, 1.165) is 5.56 Å². The lowest BCUT2D eigenvalue weighted by molar-refractivity contribution is 0.101. The fourth-order valence-electron chi connectivity index (χ4n) is 2.60. The van der Waals surface area contributed by atoms with Gasteiger partial charge in [-0.05, 0) is 43.0 Å². The molecule has 0 bridgehead atoms. The fraction of sp³-hybridized carbons (Fsp3) is 0.111. The Bertz CT molecular complexity index is 1180. The summed E-state index contributed by atoms with van der Waals surface area (Å²) in [6.45, 7) is 1.80. The van der Waals surface area contributed by atoms with Gasteiger partial charge in [0.05, 0.1) is 10.7 Å². The Morgan fingerprint density at radius 2 is 2.07 bits per heavy atom. The number of amides is 1. The Kier molecular flexibility index (Phi) is 6.55. The highest BCUT2D eigenvalue weighted by Crippen LogP contribution is 2.30. The summed E-state index contributed by atoms with van der Waals surface area (Å²) >= 11 is 18.4. The number of nitrogens with one attached hydrogen (secondary N) is 1. The predicted molar refractivity (Wildman–Crippen MR) is 115 cm³/mol. The summed E-state index contributed by atoms with van der Waals surface area (Å²) in [7, 11) is -0.795. The van der Waals surface area contributed by atoms with Gasteiger partial charge in [-0.2, -0.15) is 10.4 Å².